The molecule has 0 spiro atoms. The monoisotopic (exact) mass is 272 g/mol. The number of amides is 1. The molecule has 1 amide bonds. The Morgan fingerprint density at radius 3 is 2.83 bits per heavy atom. The van der Waals surface area contributed by atoms with E-state index in [2.05, 4.69) is 15.6 Å². The molecule has 0 fully saturated rings. The molecule has 4 N–H and O–H groups in total. The highest BCUT2D eigenvalue weighted by atomic mass is 35.5. The maximum atomic E-state index is 11.4. The van der Waals surface area contributed by atoms with Gasteiger partial charge in [0.15, 0.2) is 0 Å². The maximum Gasteiger partial charge on any atom is 0.409 e. The molecule has 0 aromatic carbocycles. The molecule has 1 heterocycles. The first-order valence-corrected chi connectivity index (χ1v) is 5.77. The van der Waals surface area contributed by atoms with Gasteiger partial charge in [-0.15, -0.1) is 0 Å². The fourth-order valence-electron chi connectivity index (χ4n) is 1.12. The molecule has 7 heteroatoms. The molecule has 1 aromatic heterocycles. The number of carbonyl (C=O) groups is 1. The predicted molar refractivity (Wildman–Crippen MR) is 71.5 cm³/mol. The molecule has 0 atom stereocenters. The third-order valence-corrected chi connectivity index (χ3v) is 2.02. The molecule has 1 rings (SSSR count). The Labute approximate surface area is 111 Å². The molecular weight excluding hydrogens is 256 g/mol. The molecule has 0 bridgehead atoms. The van der Waals surface area contributed by atoms with Crippen LogP contribution in [-0.2, 0) is 4.74 Å². The van der Waals surface area contributed by atoms with E-state index in [1.165, 1.54) is 6.20 Å². The summed E-state index contributed by atoms with van der Waals surface area (Å²) < 4.78 is 5.07. The van der Waals surface area contributed by atoms with Crippen LogP contribution < -0.4 is 16.4 Å². The smallest absolute Gasteiger partial charge is 0.409 e. The van der Waals surface area contributed by atoms with Gasteiger partial charge in [-0.3, -0.25) is 0 Å². The van der Waals surface area contributed by atoms with Crippen molar-refractivity contribution in [2.45, 2.75) is 26.4 Å². The van der Waals surface area contributed by atoms with Crippen LogP contribution in [0.25, 0.3) is 0 Å². The highest BCUT2D eigenvalue weighted by molar-refractivity contribution is 6.29. The van der Waals surface area contributed by atoms with Gasteiger partial charge in [-0.2, -0.15) is 0 Å². The summed E-state index contributed by atoms with van der Waals surface area (Å²) in [6.07, 6.45) is 0.937. The molecule has 0 aliphatic rings. The number of hydrogen-bond acceptors (Lipinski definition) is 5. The third-order valence-electron chi connectivity index (χ3n) is 1.81. The topological polar surface area (TPSA) is 89.3 Å². The number of nitrogens with one attached hydrogen (secondary N) is 2. The molecule has 0 aliphatic heterocycles. The number of hydrogen-bond donors (Lipinski definition) is 3. The number of aromatic nitrogens is 1. The Morgan fingerprint density at radius 2 is 2.22 bits per heavy atom. The summed E-state index contributed by atoms with van der Waals surface area (Å²) in [6.45, 7) is 5.56. The summed E-state index contributed by atoms with van der Waals surface area (Å²) in [5.41, 5.74) is 6.21. The molecular formula is C11H17ClN4O2. The van der Waals surface area contributed by atoms with Crippen molar-refractivity contribution in [3.05, 3.63) is 17.4 Å². The van der Waals surface area contributed by atoms with Gasteiger partial charge < -0.3 is 21.1 Å². The van der Waals surface area contributed by atoms with Crippen LogP contribution in [0.4, 0.5) is 16.2 Å². The first-order chi connectivity index (χ1) is 8.28. The van der Waals surface area contributed by atoms with Crippen LogP contribution in [0.5, 0.6) is 0 Å². The normalized spacial score (nSPS) is 10.9. The van der Waals surface area contributed by atoms with Gasteiger partial charge in [0, 0.05) is 6.07 Å². The first-order valence-electron chi connectivity index (χ1n) is 5.39. The van der Waals surface area contributed by atoms with Crippen LogP contribution in [0.3, 0.4) is 0 Å². The van der Waals surface area contributed by atoms with E-state index >= 15 is 0 Å². The van der Waals surface area contributed by atoms with Crippen LogP contribution in [0.2, 0.25) is 5.15 Å². The second-order valence-electron chi connectivity index (χ2n) is 4.63. The van der Waals surface area contributed by atoms with Crippen LogP contribution >= 0.6 is 11.6 Å². The fourth-order valence-corrected chi connectivity index (χ4v) is 1.28. The second kappa shape index (κ2) is 5.77. The molecule has 0 saturated heterocycles. The quantitative estimate of drug-likeness (QED) is 0.580. The SMILES string of the molecule is CC(C)(C)OC(=O)NCNc1cc(Cl)ncc1N. The van der Waals surface area contributed by atoms with Crippen molar-refractivity contribution in [2.24, 2.45) is 0 Å². The molecule has 100 valence electrons. The minimum absolute atomic E-state index is 0.180. The second-order valence-corrected chi connectivity index (χ2v) is 5.01. The lowest BCUT2D eigenvalue weighted by atomic mass is 10.2. The zero-order chi connectivity index (χ0) is 13.8. The number of pyridine rings is 1. The molecule has 0 radical (unpaired) electrons. The van der Waals surface area contributed by atoms with Gasteiger partial charge in [-0.1, -0.05) is 11.6 Å². The molecule has 18 heavy (non-hydrogen) atoms. The number of nitrogens with zero attached hydrogens (tertiary/aromatic N) is 1. The maximum absolute atomic E-state index is 11.4. The number of anilines is 2. The van der Waals surface area contributed by atoms with Crippen molar-refractivity contribution in [1.29, 1.82) is 0 Å². The summed E-state index contributed by atoms with van der Waals surface area (Å²) >= 11 is 5.73. The number of halogens is 1. The van der Waals surface area contributed by atoms with Gasteiger partial charge in [0.2, 0.25) is 0 Å². The van der Waals surface area contributed by atoms with Gasteiger partial charge >= 0.3 is 6.09 Å². The van der Waals surface area contributed by atoms with Crippen molar-refractivity contribution in [3.63, 3.8) is 0 Å². The van der Waals surface area contributed by atoms with Crippen LogP contribution in [-0.4, -0.2) is 23.3 Å². The standard InChI is InChI=1S/C11H17ClN4O2/c1-11(2,3)18-10(17)16-6-15-8-4-9(12)14-5-7(8)13/h4-5H,6,13H2,1-3H3,(H,14,15)(H,16,17). The van der Waals surface area contributed by atoms with E-state index in [9.17, 15) is 4.79 Å². The van der Waals surface area contributed by atoms with E-state index in [1.54, 1.807) is 26.8 Å². The average Bonchev–Trinajstić information content (AvgIpc) is 2.20. The number of nitrogen functional groups attached to an aromatic ring is 1. The van der Waals surface area contributed by atoms with E-state index in [0.29, 0.717) is 16.5 Å². The number of rotatable bonds is 3. The highest BCUT2D eigenvalue weighted by Gasteiger charge is 2.15. The van der Waals surface area contributed by atoms with Crippen molar-refractivity contribution in [1.82, 2.24) is 10.3 Å². The van der Waals surface area contributed by atoms with E-state index in [1.807, 2.05) is 0 Å². The fraction of sp³-hybridized carbons (Fsp3) is 0.455. The Balaban J connectivity index is 2.42. The van der Waals surface area contributed by atoms with Crippen molar-refractivity contribution in [3.8, 4) is 0 Å². The van der Waals surface area contributed by atoms with E-state index in [4.69, 9.17) is 22.1 Å². The molecule has 1 aromatic rings. The number of carbonyl (C=O) groups excluding carboxylic acids is 1. The van der Waals surface area contributed by atoms with Gasteiger partial charge in [-0.25, -0.2) is 9.78 Å². The van der Waals surface area contributed by atoms with Crippen molar-refractivity contribution < 1.29 is 9.53 Å². The number of alkyl carbamates (subject to hydrolysis) is 1. The predicted octanol–water partition coefficient (Wildman–Crippen LogP) is 2.21. The first kappa shape index (κ1) is 14.4. The largest absolute Gasteiger partial charge is 0.444 e. The van der Waals surface area contributed by atoms with Gasteiger partial charge in [0.1, 0.15) is 10.8 Å². The van der Waals surface area contributed by atoms with Crippen molar-refractivity contribution >= 4 is 29.1 Å². The van der Waals surface area contributed by atoms with Crippen LogP contribution in [0.15, 0.2) is 12.3 Å². The van der Waals surface area contributed by atoms with Gasteiger partial charge in [0.25, 0.3) is 0 Å². The number of nitrogens with two attached hydrogens (primary N) is 1. The summed E-state index contributed by atoms with van der Waals surface area (Å²) in [5, 5.41) is 5.78. The molecule has 0 unspecified atom stereocenters. The molecule has 0 aliphatic carbocycles. The van der Waals surface area contributed by atoms with Crippen LogP contribution in [0.1, 0.15) is 20.8 Å². The minimum Gasteiger partial charge on any atom is -0.444 e. The third kappa shape index (κ3) is 5.09. The van der Waals surface area contributed by atoms with Crippen molar-refractivity contribution in [2.75, 3.05) is 17.7 Å². The highest BCUT2D eigenvalue weighted by Crippen LogP contribution is 2.19. The van der Waals surface area contributed by atoms with E-state index in [0.717, 1.165) is 0 Å². The summed E-state index contributed by atoms with van der Waals surface area (Å²) in [5.74, 6) is 0. The van der Waals surface area contributed by atoms with Gasteiger partial charge in [-0.05, 0) is 20.8 Å². The van der Waals surface area contributed by atoms with Gasteiger partial charge in [0.05, 0.1) is 24.2 Å². The lowest BCUT2D eigenvalue weighted by molar-refractivity contribution is 0.0532. The lowest BCUT2D eigenvalue weighted by Crippen LogP contribution is -2.35. The Hall–Kier alpha value is -1.69. The lowest BCUT2D eigenvalue weighted by Gasteiger charge is -2.20. The zero-order valence-corrected chi connectivity index (χ0v) is 11.3. The summed E-state index contributed by atoms with van der Waals surface area (Å²) in [7, 11) is 0. The summed E-state index contributed by atoms with van der Waals surface area (Å²) in [6, 6.07) is 1.58. The Bertz CT molecular complexity index is 432. The average molecular weight is 273 g/mol. The molecule has 6 nitrogen and oxygen atoms in total. The van der Waals surface area contributed by atoms with Crippen LogP contribution in [0, 0.1) is 0 Å². The number of ether oxygens (including phenoxy) is 1. The Kier molecular flexibility index (Phi) is 4.61. The molecule has 0 saturated carbocycles. The summed E-state index contributed by atoms with van der Waals surface area (Å²) in [4.78, 5) is 15.2. The Morgan fingerprint density at radius 1 is 1.56 bits per heavy atom. The van der Waals surface area contributed by atoms with E-state index < -0.39 is 11.7 Å². The minimum atomic E-state index is -0.525. The zero-order valence-electron chi connectivity index (χ0n) is 10.6. The van der Waals surface area contributed by atoms with E-state index in [-0.39, 0.29) is 6.67 Å².